The minimum absolute atomic E-state index is 0.104. The van der Waals surface area contributed by atoms with Crippen LogP contribution in [0.4, 0.5) is 5.69 Å². The largest absolute Gasteiger partial charge is 0.350 e. The van der Waals surface area contributed by atoms with Crippen LogP contribution in [-0.2, 0) is 0 Å². The molecular weight excluding hydrogens is 406 g/mol. The number of nitrogens with zero attached hydrogens (tertiary/aromatic N) is 1. The van der Waals surface area contributed by atoms with E-state index in [2.05, 4.69) is 46.7 Å². The molecule has 2 N–H and O–H groups in total. The quantitative estimate of drug-likeness (QED) is 0.558. The number of nitrogens with one attached hydrogen (secondary N) is 2. The highest BCUT2D eigenvalue weighted by atomic mass is 32.1. The summed E-state index contributed by atoms with van der Waals surface area (Å²) in [5.41, 5.74) is 3.72. The number of benzene rings is 2. The second-order valence-corrected chi connectivity index (χ2v) is 8.84. The molecule has 2 aromatic carbocycles. The molecule has 1 aliphatic heterocycles. The molecular formula is C25H27N3O2S. The first-order valence-electron chi connectivity index (χ1n) is 10.6. The Morgan fingerprint density at radius 2 is 1.68 bits per heavy atom. The van der Waals surface area contributed by atoms with Gasteiger partial charge in [-0.25, -0.2) is 0 Å². The minimum Gasteiger partial charge on any atom is -0.350 e. The minimum atomic E-state index is -0.140. The van der Waals surface area contributed by atoms with Crippen LogP contribution in [0.2, 0.25) is 0 Å². The number of carbonyl (C=O) groups is 2. The van der Waals surface area contributed by atoms with Crippen molar-refractivity contribution in [3.8, 4) is 0 Å². The van der Waals surface area contributed by atoms with E-state index < -0.39 is 0 Å². The summed E-state index contributed by atoms with van der Waals surface area (Å²) in [5.74, 6) is -0.244. The van der Waals surface area contributed by atoms with Crippen molar-refractivity contribution in [3.63, 3.8) is 0 Å². The first kappa shape index (κ1) is 21.3. The third-order valence-electron chi connectivity index (χ3n) is 5.65. The van der Waals surface area contributed by atoms with Gasteiger partial charge in [-0.1, -0.05) is 35.9 Å². The average Bonchev–Trinajstić information content (AvgIpc) is 3.50. The lowest BCUT2D eigenvalue weighted by Gasteiger charge is -2.28. The molecule has 3 aromatic rings. The number of amides is 2. The number of thiophene rings is 1. The molecule has 0 bridgehead atoms. The fourth-order valence-corrected chi connectivity index (χ4v) is 4.52. The van der Waals surface area contributed by atoms with Gasteiger partial charge >= 0.3 is 0 Å². The lowest BCUT2D eigenvalue weighted by Crippen LogP contribution is -2.36. The normalized spacial score (nSPS) is 14.9. The third-order valence-corrected chi connectivity index (χ3v) is 6.52. The first-order chi connectivity index (χ1) is 15.1. The Balaban J connectivity index is 1.38. The molecule has 4 rings (SSSR count). The van der Waals surface area contributed by atoms with Gasteiger partial charge in [-0.2, -0.15) is 0 Å². The highest BCUT2D eigenvalue weighted by Gasteiger charge is 2.24. The summed E-state index contributed by atoms with van der Waals surface area (Å²) in [7, 11) is 0. The van der Waals surface area contributed by atoms with Gasteiger partial charge in [-0.05, 0) is 74.1 Å². The Morgan fingerprint density at radius 3 is 2.32 bits per heavy atom. The maximum atomic E-state index is 12.8. The maximum Gasteiger partial charge on any atom is 0.265 e. The number of hydrogen-bond donors (Lipinski definition) is 2. The molecule has 2 heterocycles. The van der Waals surface area contributed by atoms with Gasteiger partial charge in [0.05, 0.1) is 10.9 Å². The molecule has 2 amide bonds. The van der Waals surface area contributed by atoms with Crippen molar-refractivity contribution in [3.05, 3.63) is 87.6 Å². The Labute approximate surface area is 187 Å². The van der Waals surface area contributed by atoms with E-state index in [4.69, 9.17) is 0 Å². The van der Waals surface area contributed by atoms with Crippen LogP contribution >= 0.6 is 11.3 Å². The van der Waals surface area contributed by atoms with Gasteiger partial charge in [0.15, 0.2) is 0 Å². The molecule has 160 valence electrons. The van der Waals surface area contributed by atoms with Crippen molar-refractivity contribution in [2.75, 3.05) is 25.0 Å². The standard InChI is InChI=1S/C25H27N3O2S/c1-18-6-8-19(9-7-18)22(28-14-2-3-15-28)17-26-24(29)20-10-12-21(13-11-20)27-25(30)23-5-4-16-31-23/h4-13,16,22H,2-3,14-15,17H2,1H3,(H,26,29)(H,27,30). The molecule has 6 heteroatoms. The van der Waals surface area contributed by atoms with Crippen LogP contribution < -0.4 is 10.6 Å². The van der Waals surface area contributed by atoms with Crippen LogP contribution in [0.5, 0.6) is 0 Å². The van der Waals surface area contributed by atoms with E-state index in [1.54, 1.807) is 30.3 Å². The van der Waals surface area contributed by atoms with Gasteiger partial charge in [0.2, 0.25) is 0 Å². The van der Waals surface area contributed by atoms with Crippen LogP contribution in [0.15, 0.2) is 66.0 Å². The van der Waals surface area contributed by atoms with Crippen molar-refractivity contribution in [1.82, 2.24) is 10.2 Å². The summed E-state index contributed by atoms with van der Waals surface area (Å²) in [6, 6.07) is 19.4. The highest BCUT2D eigenvalue weighted by molar-refractivity contribution is 7.12. The van der Waals surface area contributed by atoms with Crippen LogP contribution in [-0.4, -0.2) is 36.3 Å². The molecule has 0 radical (unpaired) electrons. The van der Waals surface area contributed by atoms with Crippen molar-refractivity contribution < 1.29 is 9.59 Å². The summed E-state index contributed by atoms with van der Waals surface area (Å²) in [4.78, 5) is 28.0. The first-order valence-corrected chi connectivity index (χ1v) is 11.5. The number of aryl methyl sites for hydroxylation is 1. The van der Waals surface area contributed by atoms with E-state index in [0.29, 0.717) is 22.7 Å². The number of rotatable bonds is 7. The molecule has 0 saturated carbocycles. The van der Waals surface area contributed by atoms with Crippen LogP contribution in [0.3, 0.4) is 0 Å². The third kappa shape index (κ3) is 5.40. The summed E-state index contributed by atoms with van der Waals surface area (Å²) < 4.78 is 0. The van der Waals surface area contributed by atoms with Gasteiger partial charge in [0, 0.05) is 17.8 Å². The molecule has 0 spiro atoms. The van der Waals surface area contributed by atoms with Crippen molar-refractivity contribution in [1.29, 1.82) is 0 Å². The summed E-state index contributed by atoms with van der Waals surface area (Å²) in [6.07, 6.45) is 2.41. The molecule has 1 aliphatic rings. The molecule has 1 unspecified atom stereocenters. The second-order valence-electron chi connectivity index (χ2n) is 7.89. The highest BCUT2D eigenvalue weighted by Crippen LogP contribution is 2.25. The fraction of sp³-hybridized carbons (Fsp3) is 0.280. The second kappa shape index (κ2) is 9.90. The Hall–Kier alpha value is -2.96. The number of anilines is 1. The molecule has 0 aliphatic carbocycles. The maximum absolute atomic E-state index is 12.8. The van der Waals surface area contributed by atoms with E-state index in [1.165, 1.54) is 35.3 Å². The topological polar surface area (TPSA) is 61.4 Å². The lowest BCUT2D eigenvalue weighted by atomic mass is 10.0. The summed E-state index contributed by atoms with van der Waals surface area (Å²) >= 11 is 1.40. The van der Waals surface area contributed by atoms with Crippen LogP contribution in [0.25, 0.3) is 0 Å². The fourth-order valence-electron chi connectivity index (χ4n) is 3.90. The van der Waals surface area contributed by atoms with Gasteiger partial charge in [0.1, 0.15) is 0 Å². The Morgan fingerprint density at radius 1 is 0.968 bits per heavy atom. The van der Waals surface area contributed by atoms with Gasteiger partial charge in [-0.15, -0.1) is 11.3 Å². The predicted octanol–water partition coefficient (Wildman–Crippen LogP) is 4.88. The van der Waals surface area contributed by atoms with E-state index in [-0.39, 0.29) is 17.9 Å². The smallest absolute Gasteiger partial charge is 0.265 e. The molecule has 1 saturated heterocycles. The number of carbonyl (C=O) groups excluding carboxylic acids is 2. The van der Waals surface area contributed by atoms with E-state index in [9.17, 15) is 9.59 Å². The Bertz CT molecular complexity index is 1010. The predicted molar refractivity (Wildman–Crippen MR) is 126 cm³/mol. The zero-order valence-electron chi connectivity index (χ0n) is 17.6. The lowest BCUT2D eigenvalue weighted by molar-refractivity contribution is 0.0937. The molecule has 31 heavy (non-hydrogen) atoms. The zero-order chi connectivity index (χ0) is 21.6. The van der Waals surface area contributed by atoms with Crippen LogP contribution in [0.1, 0.15) is 50.0 Å². The summed E-state index contributed by atoms with van der Waals surface area (Å²) in [5, 5.41) is 7.83. The van der Waals surface area contributed by atoms with Crippen molar-refractivity contribution >= 4 is 28.8 Å². The molecule has 1 fully saturated rings. The molecule has 1 aromatic heterocycles. The molecule has 5 nitrogen and oxygen atoms in total. The van der Waals surface area contributed by atoms with E-state index >= 15 is 0 Å². The monoisotopic (exact) mass is 433 g/mol. The van der Waals surface area contributed by atoms with Gasteiger partial charge < -0.3 is 10.6 Å². The summed E-state index contributed by atoms with van der Waals surface area (Å²) in [6.45, 7) is 4.78. The van der Waals surface area contributed by atoms with E-state index in [1.807, 2.05) is 11.4 Å². The SMILES string of the molecule is Cc1ccc(C(CNC(=O)c2ccc(NC(=O)c3cccs3)cc2)N2CCCC2)cc1. The zero-order valence-corrected chi connectivity index (χ0v) is 18.5. The van der Waals surface area contributed by atoms with Crippen molar-refractivity contribution in [2.45, 2.75) is 25.8 Å². The van der Waals surface area contributed by atoms with Crippen LogP contribution in [0, 0.1) is 6.92 Å². The van der Waals surface area contributed by atoms with Crippen molar-refractivity contribution in [2.24, 2.45) is 0 Å². The Kier molecular flexibility index (Phi) is 6.79. The number of likely N-dealkylation sites (tertiary alicyclic amines) is 1. The number of hydrogen-bond acceptors (Lipinski definition) is 4. The average molecular weight is 434 g/mol. The molecule has 1 atom stereocenters. The van der Waals surface area contributed by atoms with E-state index in [0.717, 1.165) is 13.1 Å². The van der Waals surface area contributed by atoms with Gasteiger partial charge in [-0.3, -0.25) is 14.5 Å². The van der Waals surface area contributed by atoms with Gasteiger partial charge in [0.25, 0.3) is 11.8 Å².